The van der Waals surface area contributed by atoms with Crippen molar-refractivity contribution in [3.63, 3.8) is 0 Å². The molecule has 1 heterocycles. The third-order valence-corrected chi connectivity index (χ3v) is 2.70. The van der Waals surface area contributed by atoms with Gasteiger partial charge in [-0.25, -0.2) is 5.84 Å². The van der Waals surface area contributed by atoms with Crippen LogP contribution in [0.1, 0.15) is 16.3 Å². The Hall–Kier alpha value is -2.47. The summed E-state index contributed by atoms with van der Waals surface area (Å²) < 4.78 is 5.37. The molecule has 0 saturated carbocycles. The van der Waals surface area contributed by atoms with E-state index in [0.717, 1.165) is 5.69 Å². The van der Waals surface area contributed by atoms with Crippen LogP contribution in [0, 0.1) is 0 Å². The lowest BCUT2D eigenvalue weighted by molar-refractivity contribution is 0.0924. The van der Waals surface area contributed by atoms with Crippen molar-refractivity contribution < 1.29 is 14.3 Å². The fraction of sp³-hybridized carbons (Fsp3) is 0.154. The van der Waals surface area contributed by atoms with Crippen molar-refractivity contribution >= 4 is 11.6 Å². The van der Waals surface area contributed by atoms with E-state index in [2.05, 4.69) is 0 Å². The Labute approximate surface area is 110 Å². The smallest absolute Gasteiger partial charge is 0.300 e. The fourth-order valence-electron chi connectivity index (χ4n) is 1.69. The van der Waals surface area contributed by atoms with Gasteiger partial charge in [0.15, 0.2) is 5.76 Å². The van der Waals surface area contributed by atoms with Crippen LogP contribution >= 0.6 is 0 Å². The van der Waals surface area contributed by atoms with E-state index >= 15 is 0 Å². The molecule has 0 aliphatic heterocycles. The van der Waals surface area contributed by atoms with Gasteiger partial charge in [-0.3, -0.25) is 10.2 Å². The molecule has 0 spiro atoms. The molecule has 19 heavy (non-hydrogen) atoms. The molecule has 6 nitrogen and oxygen atoms in total. The Bertz CT molecular complexity index is 563. The van der Waals surface area contributed by atoms with Crippen molar-refractivity contribution in [3.05, 3.63) is 47.9 Å². The van der Waals surface area contributed by atoms with E-state index in [0.29, 0.717) is 12.3 Å². The summed E-state index contributed by atoms with van der Waals surface area (Å²) >= 11 is 0. The summed E-state index contributed by atoms with van der Waals surface area (Å²) in [6.45, 7) is 0.503. The number of amides is 1. The molecular weight excluding hydrogens is 246 g/mol. The third kappa shape index (κ3) is 3.05. The van der Waals surface area contributed by atoms with Gasteiger partial charge in [-0.15, -0.1) is 0 Å². The lowest BCUT2D eigenvalue weighted by Crippen LogP contribution is -2.29. The molecule has 0 bridgehead atoms. The molecule has 0 aliphatic rings. The minimum atomic E-state index is -0.460. The number of carbonyl (C=O) groups is 1. The molecular formula is C13H15N3O3. The Morgan fingerprint density at radius 2 is 2.00 bits per heavy atom. The number of anilines is 1. The number of hydrogen-bond donors (Lipinski definition) is 3. The van der Waals surface area contributed by atoms with Crippen LogP contribution in [-0.2, 0) is 6.54 Å². The van der Waals surface area contributed by atoms with Crippen LogP contribution < -0.4 is 16.2 Å². The number of carbonyl (C=O) groups excluding carboxylic acids is 1. The van der Waals surface area contributed by atoms with Crippen molar-refractivity contribution in [2.24, 2.45) is 5.84 Å². The van der Waals surface area contributed by atoms with Crippen molar-refractivity contribution in [1.82, 2.24) is 5.43 Å². The molecule has 0 unspecified atom stereocenters. The highest BCUT2D eigenvalue weighted by atomic mass is 16.4. The van der Waals surface area contributed by atoms with Crippen LogP contribution in [0.4, 0.5) is 5.69 Å². The second-order valence-corrected chi connectivity index (χ2v) is 4.11. The number of nitrogens with two attached hydrogens (primary N) is 1. The SMILES string of the molecule is CN(Cc1ccc(C(=O)NN)o1)c1ccc(O)cc1. The van der Waals surface area contributed by atoms with Crippen molar-refractivity contribution in [1.29, 1.82) is 0 Å². The maximum atomic E-state index is 11.2. The standard InChI is InChI=1S/C13H15N3O3/c1-16(9-2-4-10(17)5-3-9)8-11-6-7-12(19-11)13(18)15-14/h2-7,17H,8,14H2,1H3,(H,15,18). The average molecular weight is 261 g/mol. The largest absolute Gasteiger partial charge is 0.508 e. The van der Waals surface area contributed by atoms with Crippen molar-refractivity contribution in [3.8, 4) is 5.75 Å². The molecule has 2 aromatic rings. The van der Waals surface area contributed by atoms with E-state index in [1.54, 1.807) is 36.4 Å². The van der Waals surface area contributed by atoms with Crippen LogP contribution in [0.15, 0.2) is 40.8 Å². The highest BCUT2D eigenvalue weighted by Crippen LogP contribution is 2.19. The number of benzene rings is 1. The molecule has 100 valence electrons. The summed E-state index contributed by atoms with van der Waals surface area (Å²) in [7, 11) is 1.89. The zero-order chi connectivity index (χ0) is 13.8. The number of rotatable bonds is 4. The summed E-state index contributed by atoms with van der Waals surface area (Å²) in [5, 5.41) is 9.23. The van der Waals surface area contributed by atoms with Gasteiger partial charge in [0, 0.05) is 12.7 Å². The van der Waals surface area contributed by atoms with Crippen LogP contribution in [0.25, 0.3) is 0 Å². The van der Waals surface area contributed by atoms with Gasteiger partial charge in [-0.1, -0.05) is 0 Å². The lowest BCUT2D eigenvalue weighted by atomic mass is 10.2. The molecule has 0 atom stereocenters. The minimum Gasteiger partial charge on any atom is -0.508 e. The minimum absolute atomic E-state index is 0.177. The number of nitrogens with one attached hydrogen (secondary N) is 1. The second kappa shape index (κ2) is 5.45. The van der Waals surface area contributed by atoms with Crippen LogP contribution in [0.3, 0.4) is 0 Å². The number of furan rings is 1. The molecule has 1 aromatic carbocycles. The summed E-state index contributed by atoms with van der Waals surface area (Å²) in [6.07, 6.45) is 0. The lowest BCUT2D eigenvalue weighted by Gasteiger charge is -2.17. The van der Waals surface area contributed by atoms with Gasteiger partial charge < -0.3 is 14.4 Å². The first-order chi connectivity index (χ1) is 9.10. The number of hydrogen-bond acceptors (Lipinski definition) is 5. The van der Waals surface area contributed by atoms with Crippen molar-refractivity contribution in [2.45, 2.75) is 6.54 Å². The summed E-state index contributed by atoms with van der Waals surface area (Å²) in [5.41, 5.74) is 2.94. The maximum absolute atomic E-state index is 11.2. The Kier molecular flexibility index (Phi) is 3.72. The van der Waals surface area contributed by atoms with E-state index in [1.165, 1.54) is 0 Å². The van der Waals surface area contributed by atoms with Gasteiger partial charge in [-0.2, -0.15) is 0 Å². The first kappa shape index (κ1) is 13.0. The summed E-state index contributed by atoms with van der Waals surface area (Å²) in [6, 6.07) is 10.1. The quantitative estimate of drug-likeness (QED) is 0.437. The summed E-state index contributed by atoms with van der Waals surface area (Å²) in [5.74, 6) is 5.61. The number of aromatic hydroxyl groups is 1. The number of hydrazine groups is 1. The molecule has 0 fully saturated rings. The molecule has 6 heteroatoms. The molecule has 4 N–H and O–H groups in total. The molecule has 0 radical (unpaired) electrons. The van der Waals surface area contributed by atoms with E-state index in [-0.39, 0.29) is 11.5 Å². The van der Waals surface area contributed by atoms with E-state index in [1.807, 2.05) is 17.4 Å². The number of phenols is 1. The normalized spacial score (nSPS) is 10.2. The first-order valence-electron chi connectivity index (χ1n) is 5.70. The van der Waals surface area contributed by atoms with Gasteiger partial charge in [0.2, 0.25) is 0 Å². The molecule has 2 rings (SSSR count). The van der Waals surface area contributed by atoms with Gasteiger partial charge in [0.1, 0.15) is 11.5 Å². The maximum Gasteiger partial charge on any atom is 0.300 e. The summed E-state index contributed by atoms with van der Waals surface area (Å²) in [4.78, 5) is 13.2. The van der Waals surface area contributed by atoms with Crippen molar-refractivity contribution in [2.75, 3.05) is 11.9 Å². The topological polar surface area (TPSA) is 91.7 Å². The average Bonchev–Trinajstić information content (AvgIpc) is 2.87. The fourth-order valence-corrected chi connectivity index (χ4v) is 1.69. The van der Waals surface area contributed by atoms with Crippen LogP contribution in [0.2, 0.25) is 0 Å². The Morgan fingerprint density at radius 1 is 1.32 bits per heavy atom. The first-order valence-corrected chi connectivity index (χ1v) is 5.70. The van der Waals surface area contributed by atoms with E-state index in [9.17, 15) is 9.90 Å². The van der Waals surface area contributed by atoms with E-state index < -0.39 is 5.91 Å². The molecule has 0 saturated heterocycles. The molecule has 0 aliphatic carbocycles. The molecule has 1 aromatic heterocycles. The number of nitrogens with zero attached hydrogens (tertiary/aromatic N) is 1. The van der Waals surface area contributed by atoms with Gasteiger partial charge in [0.25, 0.3) is 0 Å². The molecule has 1 amide bonds. The highest BCUT2D eigenvalue weighted by Gasteiger charge is 2.11. The Morgan fingerprint density at radius 3 is 2.63 bits per heavy atom. The van der Waals surface area contributed by atoms with E-state index in [4.69, 9.17) is 10.3 Å². The van der Waals surface area contributed by atoms with Gasteiger partial charge >= 0.3 is 5.91 Å². The van der Waals surface area contributed by atoms with Crippen LogP contribution in [0.5, 0.6) is 5.75 Å². The predicted octanol–water partition coefficient (Wildman–Crippen LogP) is 1.23. The number of phenolic OH excluding ortho intramolecular Hbond substituents is 1. The predicted molar refractivity (Wildman–Crippen MR) is 70.6 cm³/mol. The monoisotopic (exact) mass is 261 g/mol. The third-order valence-electron chi connectivity index (χ3n) is 2.70. The number of nitrogen functional groups attached to an aromatic ring is 1. The van der Waals surface area contributed by atoms with Crippen LogP contribution in [-0.4, -0.2) is 18.1 Å². The second-order valence-electron chi connectivity index (χ2n) is 4.11. The zero-order valence-electron chi connectivity index (χ0n) is 10.5. The zero-order valence-corrected chi connectivity index (χ0v) is 10.5. The van der Waals surface area contributed by atoms with Gasteiger partial charge in [-0.05, 0) is 36.4 Å². The highest BCUT2D eigenvalue weighted by molar-refractivity contribution is 5.90. The van der Waals surface area contributed by atoms with Gasteiger partial charge in [0.05, 0.1) is 6.54 Å². The Balaban J connectivity index is 2.06.